The fraction of sp³-hybridized carbons (Fsp3) is 0.412. The molecule has 1 aromatic carbocycles. The van der Waals surface area contributed by atoms with E-state index < -0.39 is 0 Å². The molecule has 0 amide bonds. The van der Waals surface area contributed by atoms with Crippen LogP contribution in [-0.2, 0) is 11.8 Å². The zero-order valence-corrected chi connectivity index (χ0v) is 13.8. The number of rotatable bonds is 5. The Morgan fingerprint density at radius 3 is 2.91 bits per heavy atom. The number of imidazole rings is 1. The van der Waals surface area contributed by atoms with Crippen molar-refractivity contribution in [1.82, 2.24) is 14.5 Å². The fourth-order valence-electron chi connectivity index (χ4n) is 2.99. The molecule has 0 aliphatic carbocycles. The van der Waals surface area contributed by atoms with Gasteiger partial charge in [-0.1, -0.05) is 6.07 Å². The number of nitrogens with zero attached hydrogens (tertiary/aromatic N) is 3. The van der Waals surface area contributed by atoms with Gasteiger partial charge in [-0.2, -0.15) is 0 Å². The highest BCUT2D eigenvalue weighted by molar-refractivity contribution is 6.23. The van der Waals surface area contributed by atoms with Crippen molar-refractivity contribution >= 4 is 22.4 Å². The molecular formula is C17H22N4O2. The lowest BCUT2D eigenvalue weighted by atomic mass is 10.2. The van der Waals surface area contributed by atoms with Crippen LogP contribution in [0.2, 0.25) is 0 Å². The first kappa shape index (κ1) is 15.6. The average molecular weight is 314 g/mol. The summed E-state index contributed by atoms with van der Waals surface area (Å²) in [5, 5.41) is 18.7. The number of amidine groups is 1. The summed E-state index contributed by atoms with van der Waals surface area (Å²) < 4.78 is 6.99. The number of aromatic nitrogens is 2. The molecule has 0 saturated carbocycles. The van der Waals surface area contributed by atoms with E-state index in [4.69, 9.17) is 10.1 Å². The van der Waals surface area contributed by atoms with Gasteiger partial charge in [0.2, 0.25) is 0 Å². The van der Waals surface area contributed by atoms with Crippen molar-refractivity contribution in [2.45, 2.75) is 13.3 Å². The lowest BCUT2D eigenvalue weighted by Gasteiger charge is -2.18. The van der Waals surface area contributed by atoms with E-state index in [1.807, 2.05) is 41.6 Å². The monoisotopic (exact) mass is 314 g/mol. The molecule has 2 heterocycles. The topological polar surface area (TPSA) is 74.4 Å². The van der Waals surface area contributed by atoms with E-state index in [0.29, 0.717) is 36.9 Å². The van der Waals surface area contributed by atoms with Crippen LogP contribution in [0.1, 0.15) is 17.8 Å². The quantitative estimate of drug-likeness (QED) is 0.832. The van der Waals surface area contributed by atoms with Crippen LogP contribution in [0.25, 0.3) is 16.6 Å². The van der Waals surface area contributed by atoms with Gasteiger partial charge < -0.3 is 19.3 Å². The van der Waals surface area contributed by atoms with E-state index in [-0.39, 0.29) is 5.76 Å². The summed E-state index contributed by atoms with van der Waals surface area (Å²) >= 11 is 0. The third-order valence-corrected chi connectivity index (χ3v) is 4.22. The number of methoxy groups -OCH3 is 1. The molecule has 1 aliphatic rings. The van der Waals surface area contributed by atoms with Crippen molar-refractivity contribution in [3.05, 3.63) is 35.3 Å². The molecule has 2 aromatic rings. The van der Waals surface area contributed by atoms with Crippen molar-refractivity contribution in [1.29, 1.82) is 5.41 Å². The van der Waals surface area contributed by atoms with Gasteiger partial charge in [0.1, 0.15) is 17.4 Å². The average Bonchev–Trinajstić information content (AvgIpc) is 2.96. The minimum Gasteiger partial charge on any atom is -0.510 e. The Morgan fingerprint density at radius 2 is 2.17 bits per heavy atom. The molecule has 0 spiro atoms. The maximum absolute atomic E-state index is 10.4. The van der Waals surface area contributed by atoms with Gasteiger partial charge in [0, 0.05) is 27.3 Å². The molecule has 6 nitrogen and oxygen atoms in total. The predicted molar refractivity (Wildman–Crippen MR) is 90.8 cm³/mol. The van der Waals surface area contributed by atoms with Crippen molar-refractivity contribution in [3.8, 4) is 0 Å². The van der Waals surface area contributed by atoms with Crippen LogP contribution in [0, 0.1) is 12.3 Å². The van der Waals surface area contributed by atoms with Crippen molar-refractivity contribution in [3.63, 3.8) is 0 Å². The van der Waals surface area contributed by atoms with Gasteiger partial charge in [-0.15, -0.1) is 0 Å². The Labute approximate surface area is 135 Å². The SMILES string of the molecule is COCCCN1CC(O)=C(c2nc3cc(C)ccc3n2C)C1=N. The Kier molecular flexibility index (Phi) is 4.09. The smallest absolute Gasteiger partial charge is 0.148 e. The summed E-state index contributed by atoms with van der Waals surface area (Å²) in [5.74, 6) is 1.18. The second-order valence-corrected chi connectivity index (χ2v) is 5.92. The number of hydrogen-bond acceptors (Lipinski definition) is 4. The van der Waals surface area contributed by atoms with Crippen LogP contribution >= 0.6 is 0 Å². The molecule has 2 N–H and O–H groups in total. The van der Waals surface area contributed by atoms with Crippen molar-refractivity contribution in [2.24, 2.45) is 7.05 Å². The molecule has 1 aromatic heterocycles. The number of fused-ring (bicyclic) bond motifs is 1. The molecule has 3 rings (SSSR count). The van der Waals surface area contributed by atoms with Crippen LogP contribution in [0.5, 0.6) is 0 Å². The second kappa shape index (κ2) is 6.04. The maximum Gasteiger partial charge on any atom is 0.148 e. The normalized spacial score (nSPS) is 15.3. The highest BCUT2D eigenvalue weighted by atomic mass is 16.5. The van der Waals surface area contributed by atoms with Gasteiger partial charge in [0.05, 0.1) is 23.2 Å². The number of ether oxygens (including phenoxy) is 1. The molecule has 0 saturated heterocycles. The Bertz CT molecular complexity index is 791. The van der Waals surface area contributed by atoms with E-state index in [2.05, 4.69) is 4.98 Å². The molecule has 0 unspecified atom stereocenters. The Morgan fingerprint density at radius 1 is 1.39 bits per heavy atom. The van der Waals surface area contributed by atoms with E-state index in [9.17, 15) is 5.11 Å². The van der Waals surface area contributed by atoms with Gasteiger partial charge in [0.25, 0.3) is 0 Å². The second-order valence-electron chi connectivity index (χ2n) is 5.92. The zero-order chi connectivity index (χ0) is 16.6. The van der Waals surface area contributed by atoms with Gasteiger partial charge >= 0.3 is 0 Å². The fourth-order valence-corrected chi connectivity index (χ4v) is 2.99. The van der Waals surface area contributed by atoms with Gasteiger partial charge in [0.15, 0.2) is 0 Å². The molecule has 1 aliphatic heterocycles. The summed E-state index contributed by atoms with van der Waals surface area (Å²) in [4.78, 5) is 6.50. The van der Waals surface area contributed by atoms with Gasteiger partial charge in [-0.05, 0) is 31.0 Å². The third-order valence-electron chi connectivity index (χ3n) is 4.22. The Balaban J connectivity index is 1.93. The maximum atomic E-state index is 10.4. The summed E-state index contributed by atoms with van der Waals surface area (Å²) in [6.07, 6.45) is 0.821. The molecule has 0 atom stereocenters. The van der Waals surface area contributed by atoms with Crippen LogP contribution in [0.15, 0.2) is 24.0 Å². The van der Waals surface area contributed by atoms with E-state index in [1.165, 1.54) is 0 Å². The van der Waals surface area contributed by atoms with E-state index in [1.54, 1.807) is 7.11 Å². The summed E-state index contributed by atoms with van der Waals surface area (Å²) in [5.41, 5.74) is 3.55. The number of aryl methyl sites for hydroxylation is 2. The van der Waals surface area contributed by atoms with E-state index >= 15 is 0 Å². The van der Waals surface area contributed by atoms with Gasteiger partial charge in [-0.25, -0.2) is 4.98 Å². The molecular weight excluding hydrogens is 292 g/mol. The third kappa shape index (κ3) is 2.70. The lowest BCUT2D eigenvalue weighted by Crippen LogP contribution is -2.28. The van der Waals surface area contributed by atoms with Crippen LogP contribution < -0.4 is 0 Å². The lowest BCUT2D eigenvalue weighted by molar-refractivity contribution is 0.186. The first-order valence-electron chi connectivity index (χ1n) is 7.71. The molecule has 23 heavy (non-hydrogen) atoms. The van der Waals surface area contributed by atoms with Crippen LogP contribution in [0.4, 0.5) is 0 Å². The first-order chi connectivity index (χ1) is 11.0. The molecule has 0 bridgehead atoms. The number of benzene rings is 1. The van der Waals surface area contributed by atoms with Crippen molar-refractivity contribution < 1.29 is 9.84 Å². The predicted octanol–water partition coefficient (Wildman–Crippen LogP) is 2.48. The summed E-state index contributed by atoms with van der Waals surface area (Å²) in [7, 11) is 3.58. The number of aliphatic hydroxyl groups excluding tert-OH is 1. The zero-order valence-electron chi connectivity index (χ0n) is 13.8. The Hall–Kier alpha value is -2.34. The van der Waals surface area contributed by atoms with Crippen LogP contribution in [0.3, 0.4) is 0 Å². The highest BCUT2D eigenvalue weighted by Crippen LogP contribution is 2.29. The number of hydrogen-bond donors (Lipinski definition) is 2. The first-order valence-corrected chi connectivity index (χ1v) is 7.71. The summed E-state index contributed by atoms with van der Waals surface area (Å²) in [6, 6.07) is 6.08. The minimum atomic E-state index is 0.211. The van der Waals surface area contributed by atoms with Gasteiger partial charge in [-0.3, -0.25) is 5.41 Å². The standard InChI is InChI=1S/C17H22N4O2/c1-11-5-6-13-12(9-11)19-17(20(13)2)15-14(22)10-21(16(15)18)7-4-8-23-3/h5-6,9,18,22H,4,7-8,10H2,1-3H3. The molecule has 0 radical (unpaired) electrons. The number of nitrogens with one attached hydrogen (secondary N) is 1. The van der Waals surface area contributed by atoms with Crippen LogP contribution in [-0.4, -0.2) is 52.2 Å². The highest BCUT2D eigenvalue weighted by Gasteiger charge is 2.30. The molecule has 122 valence electrons. The minimum absolute atomic E-state index is 0.211. The van der Waals surface area contributed by atoms with E-state index in [0.717, 1.165) is 23.0 Å². The molecule has 0 fully saturated rings. The number of aliphatic hydroxyl groups is 1. The molecule has 6 heteroatoms. The van der Waals surface area contributed by atoms with Crippen molar-refractivity contribution in [2.75, 3.05) is 26.8 Å². The summed E-state index contributed by atoms with van der Waals surface area (Å²) in [6.45, 7) is 3.72. The largest absolute Gasteiger partial charge is 0.510 e.